The van der Waals surface area contributed by atoms with Gasteiger partial charge in [-0.1, -0.05) is 0 Å². The van der Waals surface area contributed by atoms with Crippen LogP contribution < -0.4 is 0 Å². The van der Waals surface area contributed by atoms with Crippen LogP contribution in [0.25, 0.3) is 0 Å². The Hall–Kier alpha value is -0.880. The minimum absolute atomic E-state index is 0.0246. The lowest BCUT2D eigenvalue weighted by molar-refractivity contribution is 0.110. The smallest absolute Gasteiger partial charge is 0.0884 e. The topological polar surface area (TPSA) is 68.2 Å². The second-order valence-corrected chi connectivity index (χ2v) is 2.48. The molecule has 0 fully saturated rings. The Morgan fingerprint density at radius 3 is 1.67 bits per heavy atom. The molecule has 0 saturated heterocycles. The maximum atomic E-state index is 8.39. The minimum atomic E-state index is 0.0246. The van der Waals surface area contributed by atoms with Gasteiger partial charge < -0.3 is 24.4 Å². The van der Waals surface area contributed by atoms with Crippen molar-refractivity contribution in [3.8, 4) is 0 Å². The standard InChI is InChI=1S/C10H18O5/c11-3-9-14-7-1-5-13-6-2-8-15-10-4-12/h1-2,5-6,11-12H,3-4,7-10H2. The van der Waals surface area contributed by atoms with E-state index in [0.717, 1.165) is 0 Å². The van der Waals surface area contributed by atoms with Crippen molar-refractivity contribution >= 4 is 0 Å². The van der Waals surface area contributed by atoms with Gasteiger partial charge in [-0.3, -0.25) is 0 Å². The van der Waals surface area contributed by atoms with E-state index in [1.807, 2.05) is 0 Å². The summed E-state index contributed by atoms with van der Waals surface area (Å²) >= 11 is 0. The highest BCUT2D eigenvalue weighted by atomic mass is 16.5. The summed E-state index contributed by atoms with van der Waals surface area (Å²) in [4.78, 5) is 0. The number of ether oxygens (including phenoxy) is 3. The molecule has 0 aromatic heterocycles. The summed E-state index contributed by atoms with van der Waals surface area (Å²) in [6.45, 7) is 1.53. The molecule has 0 unspecified atom stereocenters. The molecule has 0 bridgehead atoms. The molecule has 5 nitrogen and oxygen atoms in total. The van der Waals surface area contributed by atoms with Crippen molar-refractivity contribution in [2.45, 2.75) is 0 Å². The number of aliphatic hydroxyl groups excluding tert-OH is 2. The van der Waals surface area contributed by atoms with Crippen molar-refractivity contribution in [2.75, 3.05) is 39.6 Å². The monoisotopic (exact) mass is 218 g/mol. The molecule has 0 aliphatic carbocycles. The lowest BCUT2D eigenvalue weighted by atomic mass is 10.6. The fourth-order valence-corrected chi connectivity index (χ4v) is 0.667. The van der Waals surface area contributed by atoms with Crippen LogP contribution in [-0.2, 0) is 14.2 Å². The number of hydrogen-bond acceptors (Lipinski definition) is 5. The van der Waals surface area contributed by atoms with E-state index in [0.29, 0.717) is 26.4 Å². The maximum Gasteiger partial charge on any atom is 0.0884 e. The van der Waals surface area contributed by atoms with E-state index in [2.05, 4.69) is 0 Å². The van der Waals surface area contributed by atoms with Crippen molar-refractivity contribution < 1.29 is 24.4 Å². The van der Waals surface area contributed by atoms with E-state index < -0.39 is 0 Å². The molecule has 0 aromatic carbocycles. The third-order valence-electron chi connectivity index (χ3n) is 1.25. The molecule has 0 saturated carbocycles. The summed E-state index contributed by atoms with van der Waals surface area (Å²) in [7, 11) is 0. The molecule has 0 aliphatic heterocycles. The molecule has 5 heteroatoms. The largest absolute Gasteiger partial charge is 0.473 e. The normalized spacial score (nSPS) is 11.6. The van der Waals surface area contributed by atoms with Gasteiger partial charge in [0.1, 0.15) is 0 Å². The molecule has 0 heterocycles. The summed E-state index contributed by atoms with van der Waals surface area (Å²) in [5.74, 6) is 0. The molecule has 0 aliphatic rings. The summed E-state index contributed by atoms with van der Waals surface area (Å²) in [6, 6.07) is 0. The fourth-order valence-electron chi connectivity index (χ4n) is 0.667. The predicted octanol–water partition coefficient (Wildman–Crippen LogP) is 0.0482. The molecule has 2 N–H and O–H groups in total. The molecule has 15 heavy (non-hydrogen) atoms. The van der Waals surface area contributed by atoms with E-state index in [-0.39, 0.29) is 13.2 Å². The molecule has 0 amide bonds. The van der Waals surface area contributed by atoms with E-state index in [1.165, 1.54) is 12.5 Å². The van der Waals surface area contributed by atoms with Gasteiger partial charge in [0.2, 0.25) is 0 Å². The van der Waals surface area contributed by atoms with Crippen molar-refractivity contribution in [1.82, 2.24) is 0 Å². The first-order chi connectivity index (χ1) is 7.41. The Morgan fingerprint density at radius 1 is 0.800 bits per heavy atom. The van der Waals surface area contributed by atoms with Gasteiger partial charge in [0.15, 0.2) is 0 Å². The Labute approximate surface area is 89.6 Å². The second-order valence-electron chi connectivity index (χ2n) is 2.48. The third kappa shape index (κ3) is 13.1. The quantitative estimate of drug-likeness (QED) is 0.400. The molecule has 88 valence electrons. The van der Waals surface area contributed by atoms with Gasteiger partial charge >= 0.3 is 0 Å². The average Bonchev–Trinajstić information content (AvgIpc) is 2.26. The van der Waals surface area contributed by atoms with Crippen LogP contribution in [0, 0.1) is 0 Å². The first kappa shape index (κ1) is 14.1. The summed E-state index contributed by atoms with van der Waals surface area (Å²) in [5.41, 5.74) is 0. The minimum Gasteiger partial charge on any atom is -0.473 e. The van der Waals surface area contributed by atoms with Crippen LogP contribution in [0.5, 0.6) is 0 Å². The van der Waals surface area contributed by atoms with Crippen molar-refractivity contribution in [1.29, 1.82) is 0 Å². The number of hydrogen-bond donors (Lipinski definition) is 2. The fraction of sp³-hybridized carbons (Fsp3) is 0.600. The van der Waals surface area contributed by atoms with Crippen LogP contribution >= 0.6 is 0 Å². The molecule has 0 spiro atoms. The lowest BCUT2D eigenvalue weighted by Gasteiger charge is -1.96. The van der Waals surface area contributed by atoms with Crippen LogP contribution in [0.1, 0.15) is 0 Å². The van der Waals surface area contributed by atoms with Gasteiger partial charge in [0, 0.05) is 0 Å². The highest BCUT2D eigenvalue weighted by Gasteiger charge is 1.81. The van der Waals surface area contributed by atoms with Gasteiger partial charge in [-0.25, -0.2) is 0 Å². The van der Waals surface area contributed by atoms with E-state index in [9.17, 15) is 0 Å². The Bertz CT molecular complexity index is 149. The van der Waals surface area contributed by atoms with Gasteiger partial charge in [0.25, 0.3) is 0 Å². The highest BCUT2D eigenvalue weighted by molar-refractivity contribution is 4.79. The third-order valence-corrected chi connectivity index (χ3v) is 1.25. The van der Waals surface area contributed by atoms with E-state index in [4.69, 9.17) is 24.4 Å². The van der Waals surface area contributed by atoms with Crippen molar-refractivity contribution in [3.63, 3.8) is 0 Å². The lowest BCUT2D eigenvalue weighted by Crippen LogP contribution is -1.98. The average molecular weight is 218 g/mol. The molecule has 0 rings (SSSR count). The van der Waals surface area contributed by atoms with Crippen LogP contribution in [-0.4, -0.2) is 49.9 Å². The zero-order valence-corrected chi connectivity index (χ0v) is 8.67. The number of aliphatic hydroxyl groups is 2. The van der Waals surface area contributed by atoms with Gasteiger partial charge in [0.05, 0.1) is 52.2 Å². The SMILES string of the molecule is OCCOCC=COC=CCOCCO. The Kier molecular flexibility index (Phi) is 12.4. The molecule has 0 aromatic rings. The maximum absolute atomic E-state index is 8.39. The molecular weight excluding hydrogens is 200 g/mol. The summed E-state index contributed by atoms with van der Waals surface area (Å²) in [6.07, 6.45) is 6.35. The molecule has 0 radical (unpaired) electrons. The first-order valence-corrected chi connectivity index (χ1v) is 4.74. The van der Waals surface area contributed by atoms with Crippen LogP contribution in [0.3, 0.4) is 0 Å². The molecule has 0 atom stereocenters. The predicted molar refractivity (Wildman–Crippen MR) is 55.2 cm³/mol. The van der Waals surface area contributed by atoms with Crippen LogP contribution in [0.2, 0.25) is 0 Å². The van der Waals surface area contributed by atoms with E-state index >= 15 is 0 Å². The summed E-state index contributed by atoms with van der Waals surface area (Å²) in [5, 5.41) is 16.8. The van der Waals surface area contributed by atoms with Crippen LogP contribution in [0.4, 0.5) is 0 Å². The Morgan fingerprint density at radius 2 is 1.27 bits per heavy atom. The van der Waals surface area contributed by atoms with Gasteiger partial charge in [-0.2, -0.15) is 0 Å². The zero-order valence-electron chi connectivity index (χ0n) is 8.67. The Balaban J connectivity index is 3.14. The van der Waals surface area contributed by atoms with Crippen molar-refractivity contribution in [3.05, 3.63) is 24.7 Å². The van der Waals surface area contributed by atoms with Gasteiger partial charge in [-0.15, -0.1) is 0 Å². The zero-order chi connectivity index (χ0) is 11.2. The first-order valence-electron chi connectivity index (χ1n) is 4.74. The van der Waals surface area contributed by atoms with E-state index in [1.54, 1.807) is 12.2 Å². The van der Waals surface area contributed by atoms with Crippen LogP contribution in [0.15, 0.2) is 24.7 Å². The van der Waals surface area contributed by atoms with Crippen molar-refractivity contribution in [2.24, 2.45) is 0 Å². The van der Waals surface area contributed by atoms with Gasteiger partial charge in [-0.05, 0) is 12.2 Å². The molecular formula is C10H18O5. The number of rotatable bonds is 10. The second kappa shape index (κ2) is 13.1. The highest BCUT2D eigenvalue weighted by Crippen LogP contribution is 1.83. The summed E-state index contributed by atoms with van der Waals surface area (Å²) < 4.78 is 14.8.